The first-order valence-electron chi connectivity index (χ1n) is 5.92. The van der Waals surface area contributed by atoms with Crippen LogP contribution in [0.15, 0.2) is 28.7 Å². The number of halogens is 1. The van der Waals surface area contributed by atoms with E-state index in [0.717, 1.165) is 27.3 Å². The number of amides is 1. The second-order valence-electron chi connectivity index (χ2n) is 4.22. The summed E-state index contributed by atoms with van der Waals surface area (Å²) in [5, 5.41) is 3.21. The summed E-state index contributed by atoms with van der Waals surface area (Å²) >= 11 is 7.05. The van der Waals surface area contributed by atoms with Gasteiger partial charge >= 0.3 is 0 Å². The van der Waals surface area contributed by atoms with E-state index in [1.54, 1.807) is 11.8 Å². The number of thioether (sulfide) groups is 2. The summed E-state index contributed by atoms with van der Waals surface area (Å²) in [7, 11) is 0. The lowest BCUT2D eigenvalue weighted by Gasteiger charge is -2.22. The minimum atomic E-state index is 0.0677. The van der Waals surface area contributed by atoms with Gasteiger partial charge in [0.1, 0.15) is 0 Å². The summed E-state index contributed by atoms with van der Waals surface area (Å²) in [4.78, 5) is 12.1. The Morgan fingerprint density at radius 1 is 1.39 bits per heavy atom. The third-order valence-electron chi connectivity index (χ3n) is 2.84. The van der Waals surface area contributed by atoms with Gasteiger partial charge in [-0.3, -0.25) is 4.79 Å². The average molecular weight is 346 g/mol. The molecule has 0 aromatic heterocycles. The van der Waals surface area contributed by atoms with E-state index >= 15 is 0 Å². The molecule has 1 aliphatic heterocycles. The highest BCUT2D eigenvalue weighted by molar-refractivity contribution is 9.10. The standard InChI is InChI=1S/C13H16BrNOS2/c1-9(10-2-4-11(14)5-3-10)15-13(16)12-8-17-6-7-18-12/h2-5,9,12H,6-8H2,1H3,(H,15,16). The Bertz CT molecular complexity index is 404. The van der Waals surface area contributed by atoms with Crippen molar-refractivity contribution in [1.29, 1.82) is 0 Å². The molecule has 2 nitrogen and oxygen atoms in total. The smallest absolute Gasteiger partial charge is 0.234 e. The summed E-state index contributed by atoms with van der Waals surface area (Å²) in [6.07, 6.45) is 0. The van der Waals surface area contributed by atoms with E-state index in [9.17, 15) is 4.79 Å². The maximum absolute atomic E-state index is 12.1. The molecule has 1 fully saturated rings. The molecule has 98 valence electrons. The Morgan fingerprint density at radius 2 is 2.11 bits per heavy atom. The van der Waals surface area contributed by atoms with Gasteiger partial charge in [-0.1, -0.05) is 28.1 Å². The molecule has 0 radical (unpaired) electrons. The Labute approximate surface area is 125 Å². The lowest BCUT2D eigenvalue weighted by Crippen LogP contribution is -2.37. The molecule has 1 saturated heterocycles. The van der Waals surface area contributed by atoms with Crippen LogP contribution in [-0.4, -0.2) is 28.4 Å². The molecule has 2 atom stereocenters. The lowest BCUT2D eigenvalue weighted by molar-refractivity contribution is -0.120. The summed E-state index contributed by atoms with van der Waals surface area (Å²) in [6, 6.07) is 8.15. The molecule has 2 unspecified atom stereocenters. The Hall–Kier alpha value is -0.130. The monoisotopic (exact) mass is 345 g/mol. The third kappa shape index (κ3) is 3.93. The van der Waals surface area contributed by atoms with Crippen LogP contribution in [-0.2, 0) is 4.79 Å². The van der Waals surface area contributed by atoms with Gasteiger partial charge in [0.25, 0.3) is 0 Å². The first-order chi connectivity index (χ1) is 8.66. The van der Waals surface area contributed by atoms with Crippen LogP contribution in [0.1, 0.15) is 18.5 Å². The number of hydrogen-bond acceptors (Lipinski definition) is 3. The van der Waals surface area contributed by atoms with Crippen molar-refractivity contribution in [3.63, 3.8) is 0 Å². The third-order valence-corrected chi connectivity index (χ3v) is 6.12. The molecule has 0 saturated carbocycles. The maximum atomic E-state index is 12.1. The fraction of sp³-hybridized carbons (Fsp3) is 0.462. The Balaban J connectivity index is 1.91. The van der Waals surface area contributed by atoms with Crippen molar-refractivity contribution in [2.24, 2.45) is 0 Å². The van der Waals surface area contributed by atoms with Gasteiger partial charge in [-0.05, 0) is 24.6 Å². The van der Waals surface area contributed by atoms with Crippen molar-refractivity contribution in [2.45, 2.75) is 18.2 Å². The van der Waals surface area contributed by atoms with Gasteiger partial charge in [0.05, 0.1) is 11.3 Å². The molecule has 1 aromatic rings. The molecule has 2 rings (SSSR count). The zero-order chi connectivity index (χ0) is 13.0. The summed E-state index contributed by atoms with van der Waals surface area (Å²) in [5.41, 5.74) is 1.14. The number of rotatable bonds is 3. The van der Waals surface area contributed by atoms with Crippen molar-refractivity contribution in [3.8, 4) is 0 Å². The van der Waals surface area contributed by atoms with Gasteiger partial charge in [0.15, 0.2) is 0 Å². The fourth-order valence-electron chi connectivity index (χ4n) is 1.78. The van der Waals surface area contributed by atoms with Crippen molar-refractivity contribution in [2.75, 3.05) is 17.3 Å². The van der Waals surface area contributed by atoms with Gasteiger partial charge in [-0.25, -0.2) is 0 Å². The molecule has 1 aliphatic rings. The quantitative estimate of drug-likeness (QED) is 0.909. The van der Waals surface area contributed by atoms with Crippen molar-refractivity contribution in [1.82, 2.24) is 5.32 Å². The predicted molar refractivity (Wildman–Crippen MR) is 84.3 cm³/mol. The molecule has 1 amide bonds. The van der Waals surface area contributed by atoms with Gasteiger partial charge in [0.2, 0.25) is 5.91 Å². The topological polar surface area (TPSA) is 29.1 Å². The van der Waals surface area contributed by atoms with E-state index in [1.165, 1.54) is 0 Å². The van der Waals surface area contributed by atoms with Crippen LogP contribution in [0, 0.1) is 0 Å². The molecule has 1 heterocycles. The number of carbonyl (C=O) groups is 1. The number of hydrogen-bond donors (Lipinski definition) is 1. The van der Waals surface area contributed by atoms with Crippen LogP contribution >= 0.6 is 39.5 Å². The maximum Gasteiger partial charge on any atom is 0.234 e. The lowest BCUT2D eigenvalue weighted by atomic mass is 10.1. The first-order valence-corrected chi connectivity index (χ1v) is 8.91. The second kappa shape index (κ2) is 6.87. The van der Waals surface area contributed by atoms with E-state index in [4.69, 9.17) is 0 Å². The Morgan fingerprint density at radius 3 is 2.72 bits per heavy atom. The molecular formula is C13H16BrNOS2. The average Bonchev–Trinajstić information content (AvgIpc) is 2.40. The number of benzene rings is 1. The zero-order valence-corrected chi connectivity index (χ0v) is 13.4. The molecular weight excluding hydrogens is 330 g/mol. The molecule has 0 spiro atoms. The van der Waals surface area contributed by atoms with Crippen LogP contribution in [0.4, 0.5) is 0 Å². The van der Waals surface area contributed by atoms with Gasteiger partial charge in [0, 0.05) is 21.7 Å². The van der Waals surface area contributed by atoms with Gasteiger partial charge in [-0.15, -0.1) is 11.8 Å². The van der Waals surface area contributed by atoms with Crippen LogP contribution < -0.4 is 5.32 Å². The molecule has 0 aliphatic carbocycles. The SMILES string of the molecule is CC(NC(=O)C1CSCCS1)c1ccc(Br)cc1. The Kier molecular flexibility index (Phi) is 5.45. The largest absolute Gasteiger partial charge is 0.349 e. The summed E-state index contributed by atoms with van der Waals surface area (Å²) in [6.45, 7) is 2.03. The van der Waals surface area contributed by atoms with E-state index in [2.05, 4.69) is 21.2 Å². The van der Waals surface area contributed by atoms with E-state index in [1.807, 2.05) is 43.0 Å². The molecule has 0 bridgehead atoms. The highest BCUT2D eigenvalue weighted by Gasteiger charge is 2.23. The minimum absolute atomic E-state index is 0.0677. The van der Waals surface area contributed by atoms with Crippen molar-refractivity contribution >= 4 is 45.4 Å². The predicted octanol–water partition coefficient (Wildman–Crippen LogP) is 3.47. The normalized spacial score (nSPS) is 21.3. The molecule has 1 N–H and O–H groups in total. The highest BCUT2D eigenvalue weighted by atomic mass is 79.9. The van der Waals surface area contributed by atoms with Crippen LogP contribution in [0.2, 0.25) is 0 Å². The number of nitrogens with one attached hydrogen (secondary N) is 1. The van der Waals surface area contributed by atoms with Crippen molar-refractivity contribution < 1.29 is 4.79 Å². The van der Waals surface area contributed by atoms with Crippen LogP contribution in [0.25, 0.3) is 0 Å². The van der Waals surface area contributed by atoms with E-state index < -0.39 is 0 Å². The summed E-state index contributed by atoms with van der Waals surface area (Å²) in [5.74, 6) is 3.35. The fourth-order valence-corrected chi connectivity index (χ4v) is 4.61. The second-order valence-corrected chi connectivity index (χ2v) is 7.59. The molecule has 5 heteroatoms. The minimum Gasteiger partial charge on any atom is -0.349 e. The molecule has 18 heavy (non-hydrogen) atoms. The van der Waals surface area contributed by atoms with Crippen LogP contribution in [0.3, 0.4) is 0 Å². The van der Waals surface area contributed by atoms with Gasteiger partial charge in [-0.2, -0.15) is 11.8 Å². The molecule has 1 aromatic carbocycles. The van der Waals surface area contributed by atoms with Crippen LogP contribution in [0.5, 0.6) is 0 Å². The number of carbonyl (C=O) groups excluding carboxylic acids is 1. The van der Waals surface area contributed by atoms with Gasteiger partial charge < -0.3 is 5.32 Å². The zero-order valence-electron chi connectivity index (χ0n) is 10.2. The first kappa shape index (κ1) is 14.3. The van der Waals surface area contributed by atoms with E-state index in [0.29, 0.717) is 0 Å². The van der Waals surface area contributed by atoms with Crippen molar-refractivity contribution in [3.05, 3.63) is 34.3 Å². The summed E-state index contributed by atoms with van der Waals surface area (Å²) < 4.78 is 1.06. The highest BCUT2D eigenvalue weighted by Crippen LogP contribution is 2.25. The van der Waals surface area contributed by atoms with E-state index in [-0.39, 0.29) is 17.2 Å².